The van der Waals surface area contributed by atoms with Crippen molar-refractivity contribution in [2.45, 2.75) is 13.5 Å². The first-order valence-corrected chi connectivity index (χ1v) is 9.15. The number of carbonyl (C=O) groups is 2. The first-order valence-electron chi connectivity index (χ1n) is 7.56. The number of amides is 1. The second kappa shape index (κ2) is 8.90. The summed E-state index contributed by atoms with van der Waals surface area (Å²) in [5, 5.41) is 3.28. The Morgan fingerprint density at radius 3 is 2.67 bits per heavy atom. The van der Waals surface area contributed by atoms with Crippen LogP contribution in [0.25, 0.3) is 11.0 Å². The number of carbonyl (C=O) groups excluding carboxylic acids is 2. The van der Waals surface area contributed by atoms with Crippen LogP contribution in [0.15, 0.2) is 60.9 Å². The number of anilines is 1. The molecule has 0 unspecified atom stereocenters. The predicted octanol–water partition coefficient (Wildman–Crippen LogP) is 0.451. The van der Waals surface area contributed by atoms with Crippen LogP contribution in [0.5, 0.6) is 0 Å². The lowest BCUT2D eigenvalue weighted by molar-refractivity contribution is -0.682. The van der Waals surface area contributed by atoms with Crippen LogP contribution in [-0.4, -0.2) is 11.7 Å². The molecule has 0 bridgehead atoms. The minimum Gasteiger partial charge on any atom is -1.00 e. The zero-order valence-corrected chi connectivity index (χ0v) is 18.7. The van der Waals surface area contributed by atoms with E-state index in [2.05, 4.69) is 37.2 Å². The Morgan fingerprint density at radius 1 is 1.22 bits per heavy atom. The molecule has 1 amide bonds. The molecule has 0 aliphatic carbocycles. The number of fused-ring (bicyclic) bond motifs is 1. The molecule has 2 heterocycles. The number of pyridine rings is 1. The molecule has 0 spiro atoms. The summed E-state index contributed by atoms with van der Waals surface area (Å²) in [4.78, 5) is 36.0. The molecule has 0 saturated carbocycles. The Labute approximate surface area is 181 Å². The zero-order chi connectivity index (χ0) is 18.8. The van der Waals surface area contributed by atoms with Gasteiger partial charge in [0, 0.05) is 22.8 Å². The summed E-state index contributed by atoms with van der Waals surface area (Å²) in [6.07, 6.45) is 3.30. The molecule has 140 valence electrons. The van der Waals surface area contributed by atoms with Gasteiger partial charge in [0.05, 0.1) is 4.47 Å². The number of rotatable bonds is 4. The normalized spacial score (nSPS) is 10.3. The summed E-state index contributed by atoms with van der Waals surface area (Å²) in [6, 6.07) is 8.47. The molecular weight excluding hydrogens is 548 g/mol. The van der Waals surface area contributed by atoms with Crippen molar-refractivity contribution in [2.24, 2.45) is 0 Å². The summed E-state index contributed by atoms with van der Waals surface area (Å²) < 4.78 is 8.31. The number of ketones is 1. The predicted molar refractivity (Wildman–Crippen MR) is 103 cm³/mol. The van der Waals surface area contributed by atoms with Gasteiger partial charge >= 0.3 is 5.63 Å². The van der Waals surface area contributed by atoms with Crippen molar-refractivity contribution in [2.75, 3.05) is 5.32 Å². The maximum Gasteiger partial charge on any atom is 0.347 e. The number of aromatic nitrogens is 1. The van der Waals surface area contributed by atoms with Crippen molar-refractivity contribution in [1.29, 1.82) is 0 Å². The van der Waals surface area contributed by atoms with E-state index in [9.17, 15) is 14.4 Å². The fourth-order valence-electron chi connectivity index (χ4n) is 2.50. The van der Waals surface area contributed by atoms with Crippen LogP contribution in [0.3, 0.4) is 0 Å². The molecule has 6 nitrogen and oxygen atoms in total. The van der Waals surface area contributed by atoms with Crippen LogP contribution in [0, 0.1) is 0 Å². The molecule has 1 aromatic carbocycles. The molecule has 1 N–H and O–H groups in total. The number of nitrogens with zero attached hydrogens (tertiary/aromatic N) is 1. The Morgan fingerprint density at radius 2 is 1.96 bits per heavy atom. The standard InChI is InChI=1S/C18H12Br2N2O4.BrH/c1-10(23)21-13-3-2-4-22(8-13)9-16(24)14-6-11-5-12(19)7-15(20)17(11)26-18(14)25;/h2-8H,9H2,1H3;1H. The highest BCUT2D eigenvalue weighted by Crippen LogP contribution is 2.28. The van der Waals surface area contributed by atoms with Crippen LogP contribution in [-0.2, 0) is 11.3 Å². The molecule has 0 aliphatic heterocycles. The van der Waals surface area contributed by atoms with E-state index in [0.29, 0.717) is 21.1 Å². The van der Waals surface area contributed by atoms with Crippen LogP contribution < -0.4 is 32.5 Å². The van der Waals surface area contributed by atoms with Crippen molar-refractivity contribution in [1.82, 2.24) is 0 Å². The second-order valence-electron chi connectivity index (χ2n) is 5.62. The molecule has 0 radical (unpaired) electrons. The molecule has 27 heavy (non-hydrogen) atoms. The number of halogens is 3. The van der Waals surface area contributed by atoms with Crippen LogP contribution >= 0.6 is 31.9 Å². The van der Waals surface area contributed by atoms with Gasteiger partial charge in [-0.15, -0.1) is 0 Å². The van der Waals surface area contributed by atoms with Gasteiger partial charge in [0.1, 0.15) is 11.3 Å². The molecule has 0 aliphatic rings. The van der Waals surface area contributed by atoms with E-state index in [1.807, 2.05) is 0 Å². The Bertz CT molecular complexity index is 1100. The van der Waals surface area contributed by atoms with Gasteiger partial charge in [-0.25, -0.2) is 4.79 Å². The van der Waals surface area contributed by atoms with Gasteiger partial charge in [-0.1, -0.05) is 15.9 Å². The van der Waals surface area contributed by atoms with E-state index in [4.69, 9.17) is 4.42 Å². The monoisotopic (exact) mass is 558 g/mol. The van der Waals surface area contributed by atoms with Crippen LogP contribution in [0.1, 0.15) is 17.3 Å². The van der Waals surface area contributed by atoms with Gasteiger partial charge in [-0.2, -0.15) is 4.57 Å². The fraction of sp³-hybridized carbons (Fsp3) is 0.111. The highest BCUT2D eigenvalue weighted by molar-refractivity contribution is 9.11. The number of nitrogens with one attached hydrogen (secondary N) is 1. The van der Waals surface area contributed by atoms with Crippen molar-refractivity contribution >= 4 is 60.2 Å². The molecule has 0 saturated heterocycles. The average molecular weight is 561 g/mol. The van der Waals surface area contributed by atoms with Gasteiger partial charge in [-0.05, 0) is 40.2 Å². The Balaban J connectivity index is 0.00000261. The van der Waals surface area contributed by atoms with Crippen molar-refractivity contribution in [3.05, 3.63) is 67.7 Å². The summed E-state index contributed by atoms with van der Waals surface area (Å²) in [6.45, 7) is 1.35. The van der Waals surface area contributed by atoms with E-state index in [1.165, 1.54) is 13.0 Å². The number of benzene rings is 1. The Kier molecular flexibility index (Phi) is 7.07. The lowest BCUT2D eigenvalue weighted by Gasteiger charge is -2.04. The van der Waals surface area contributed by atoms with Crippen LogP contribution in [0.4, 0.5) is 5.69 Å². The topological polar surface area (TPSA) is 80.3 Å². The van der Waals surface area contributed by atoms with Gasteiger partial charge in [0.15, 0.2) is 18.0 Å². The third-order valence-electron chi connectivity index (χ3n) is 3.56. The third kappa shape index (κ3) is 5.12. The van der Waals surface area contributed by atoms with Gasteiger partial charge in [0.2, 0.25) is 18.2 Å². The van der Waals surface area contributed by atoms with E-state index in [0.717, 1.165) is 4.47 Å². The summed E-state index contributed by atoms with van der Waals surface area (Å²) >= 11 is 6.71. The van der Waals surface area contributed by atoms with E-state index in [-0.39, 0.29) is 40.8 Å². The molecule has 3 aromatic rings. The minimum absolute atomic E-state index is 0. The molecule has 2 aromatic heterocycles. The fourth-order valence-corrected chi connectivity index (χ4v) is 3.84. The maximum atomic E-state index is 12.6. The first kappa shape index (κ1) is 21.5. The molecular formula is C18H13Br3N2O4. The van der Waals surface area contributed by atoms with E-state index >= 15 is 0 Å². The van der Waals surface area contributed by atoms with Crippen molar-refractivity contribution in [3.8, 4) is 0 Å². The smallest absolute Gasteiger partial charge is 0.347 e. The van der Waals surface area contributed by atoms with Crippen LogP contribution in [0.2, 0.25) is 0 Å². The lowest BCUT2D eigenvalue weighted by Crippen LogP contribution is -3.00. The largest absolute Gasteiger partial charge is 1.00 e. The van der Waals surface area contributed by atoms with Crippen molar-refractivity contribution < 1.29 is 35.6 Å². The summed E-state index contributed by atoms with van der Waals surface area (Å²) in [5.74, 6) is -0.595. The second-order valence-corrected chi connectivity index (χ2v) is 7.39. The van der Waals surface area contributed by atoms with Gasteiger partial charge in [-0.3, -0.25) is 9.59 Å². The molecule has 3 rings (SSSR count). The highest BCUT2D eigenvalue weighted by Gasteiger charge is 2.19. The summed E-state index contributed by atoms with van der Waals surface area (Å²) in [7, 11) is 0. The van der Waals surface area contributed by atoms with Gasteiger partial charge in [0.25, 0.3) is 0 Å². The quantitative estimate of drug-likeness (QED) is 0.286. The van der Waals surface area contributed by atoms with E-state index in [1.54, 1.807) is 41.2 Å². The molecule has 9 heteroatoms. The van der Waals surface area contributed by atoms with Crippen molar-refractivity contribution in [3.63, 3.8) is 0 Å². The first-order chi connectivity index (χ1) is 12.3. The molecule has 0 atom stereocenters. The number of hydrogen-bond acceptors (Lipinski definition) is 4. The van der Waals surface area contributed by atoms with Gasteiger partial charge < -0.3 is 26.7 Å². The highest BCUT2D eigenvalue weighted by atomic mass is 79.9. The third-order valence-corrected chi connectivity index (χ3v) is 4.60. The Hall–Kier alpha value is -1.84. The number of Topliss-reactive ketones (excluding diaryl/α,β-unsaturated/α-hetero) is 1. The maximum absolute atomic E-state index is 12.6. The zero-order valence-electron chi connectivity index (χ0n) is 14.0. The summed E-state index contributed by atoms with van der Waals surface area (Å²) in [5.41, 5.74) is 0.227. The molecule has 0 fully saturated rings. The average Bonchev–Trinajstić information content (AvgIpc) is 2.54. The number of hydrogen-bond donors (Lipinski definition) is 1. The minimum atomic E-state index is -0.691. The van der Waals surface area contributed by atoms with E-state index < -0.39 is 5.63 Å². The lowest BCUT2D eigenvalue weighted by atomic mass is 10.1. The SMILES string of the molecule is CC(=O)Nc1ccc[n+](CC(=O)c2cc3cc(Br)cc(Br)c3oc2=O)c1.[Br-].